The molecule has 5 nitrogen and oxygen atoms in total. The van der Waals surface area contributed by atoms with E-state index in [1.165, 1.54) is 0 Å². The van der Waals surface area contributed by atoms with Crippen LogP contribution in [0.3, 0.4) is 0 Å². The van der Waals surface area contributed by atoms with Crippen molar-refractivity contribution in [2.75, 3.05) is 17.8 Å². The lowest BCUT2D eigenvalue weighted by atomic mass is 10.1. The number of ether oxygens (including phenoxy) is 1. The number of benzene rings is 2. The zero-order chi connectivity index (χ0) is 16.1. The summed E-state index contributed by atoms with van der Waals surface area (Å²) >= 11 is 0. The molecule has 1 aliphatic rings. The van der Waals surface area contributed by atoms with E-state index in [0.717, 1.165) is 31.7 Å². The van der Waals surface area contributed by atoms with Crippen LogP contribution in [0.2, 0.25) is 0 Å². The van der Waals surface area contributed by atoms with Gasteiger partial charge in [-0.1, -0.05) is 18.2 Å². The lowest BCUT2D eigenvalue weighted by Gasteiger charge is -2.23. The molecule has 0 radical (unpaired) electrons. The van der Waals surface area contributed by atoms with Gasteiger partial charge in [0.2, 0.25) is 0 Å². The first-order chi connectivity index (χ1) is 11.1. The minimum atomic E-state index is -3.55. The third-order valence-electron chi connectivity index (χ3n) is 3.75. The Kier molecular flexibility index (Phi) is 4.83. The molecular weight excluding hydrogens is 312 g/mol. The van der Waals surface area contributed by atoms with Gasteiger partial charge in [-0.05, 0) is 62.3 Å². The van der Waals surface area contributed by atoms with Gasteiger partial charge in [0.25, 0.3) is 10.0 Å². The summed E-state index contributed by atoms with van der Waals surface area (Å²) in [5, 5.41) is 3.29. The zero-order valence-corrected chi connectivity index (χ0v) is 13.6. The monoisotopic (exact) mass is 332 g/mol. The van der Waals surface area contributed by atoms with Crippen LogP contribution in [-0.4, -0.2) is 27.6 Å². The largest absolute Gasteiger partial charge is 0.490 e. The molecule has 0 unspecified atom stereocenters. The van der Waals surface area contributed by atoms with Gasteiger partial charge in [0, 0.05) is 5.69 Å². The Morgan fingerprint density at radius 2 is 1.61 bits per heavy atom. The quantitative estimate of drug-likeness (QED) is 0.883. The molecule has 1 aliphatic heterocycles. The molecule has 0 atom stereocenters. The normalized spacial score (nSPS) is 16.0. The Labute approximate surface area is 136 Å². The zero-order valence-electron chi connectivity index (χ0n) is 12.7. The molecule has 0 amide bonds. The van der Waals surface area contributed by atoms with Crippen LogP contribution in [0.15, 0.2) is 59.5 Å². The molecule has 0 bridgehead atoms. The van der Waals surface area contributed by atoms with E-state index in [9.17, 15) is 8.42 Å². The molecule has 0 saturated carbocycles. The Morgan fingerprint density at radius 1 is 0.957 bits per heavy atom. The number of anilines is 1. The Hall–Kier alpha value is -2.05. The van der Waals surface area contributed by atoms with E-state index in [1.54, 1.807) is 54.6 Å². The average molecular weight is 332 g/mol. The fourth-order valence-electron chi connectivity index (χ4n) is 2.52. The summed E-state index contributed by atoms with van der Waals surface area (Å²) in [5.41, 5.74) is 0.520. The average Bonchev–Trinajstić information content (AvgIpc) is 2.58. The maximum Gasteiger partial charge on any atom is 0.261 e. The molecule has 0 spiro atoms. The minimum absolute atomic E-state index is 0.225. The number of rotatable bonds is 5. The summed E-state index contributed by atoms with van der Waals surface area (Å²) in [6.07, 6.45) is 2.20. The van der Waals surface area contributed by atoms with E-state index in [2.05, 4.69) is 10.0 Å². The summed E-state index contributed by atoms with van der Waals surface area (Å²) in [7, 11) is -3.55. The van der Waals surface area contributed by atoms with E-state index in [1.807, 2.05) is 0 Å². The van der Waals surface area contributed by atoms with E-state index in [-0.39, 0.29) is 11.0 Å². The van der Waals surface area contributed by atoms with Crippen molar-refractivity contribution in [2.45, 2.75) is 23.8 Å². The lowest BCUT2D eigenvalue weighted by Crippen LogP contribution is -2.34. The SMILES string of the molecule is O=S(=O)(Nc1ccc(OC2CCNCC2)cc1)c1ccccc1. The van der Waals surface area contributed by atoms with Crippen LogP contribution in [0.4, 0.5) is 5.69 Å². The van der Waals surface area contributed by atoms with Gasteiger partial charge in [-0.3, -0.25) is 4.72 Å². The van der Waals surface area contributed by atoms with Crippen molar-refractivity contribution in [1.29, 1.82) is 0 Å². The van der Waals surface area contributed by atoms with Gasteiger partial charge in [-0.2, -0.15) is 0 Å². The van der Waals surface area contributed by atoms with Crippen molar-refractivity contribution in [3.63, 3.8) is 0 Å². The molecule has 122 valence electrons. The number of nitrogens with one attached hydrogen (secondary N) is 2. The highest BCUT2D eigenvalue weighted by Gasteiger charge is 2.15. The highest BCUT2D eigenvalue weighted by molar-refractivity contribution is 7.92. The van der Waals surface area contributed by atoms with Crippen LogP contribution in [0.1, 0.15) is 12.8 Å². The van der Waals surface area contributed by atoms with Crippen molar-refractivity contribution in [3.8, 4) is 5.75 Å². The highest BCUT2D eigenvalue weighted by Crippen LogP contribution is 2.21. The Morgan fingerprint density at radius 3 is 2.26 bits per heavy atom. The molecule has 2 N–H and O–H groups in total. The fraction of sp³-hybridized carbons (Fsp3) is 0.294. The molecule has 0 aromatic heterocycles. The Balaban J connectivity index is 1.65. The maximum atomic E-state index is 12.3. The maximum absolute atomic E-state index is 12.3. The molecule has 0 aliphatic carbocycles. The summed E-state index contributed by atoms with van der Waals surface area (Å²) in [4.78, 5) is 0.245. The second-order valence-corrected chi connectivity index (χ2v) is 7.19. The number of hydrogen-bond acceptors (Lipinski definition) is 4. The first-order valence-corrected chi connectivity index (χ1v) is 9.17. The van der Waals surface area contributed by atoms with E-state index < -0.39 is 10.0 Å². The second-order valence-electron chi connectivity index (χ2n) is 5.51. The first-order valence-electron chi connectivity index (χ1n) is 7.69. The smallest absolute Gasteiger partial charge is 0.261 e. The topological polar surface area (TPSA) is 67.4 Å². The highest BCUT2D eigenvalue weighted by atomic mass is 32.2. The number of hydrogen-bond donors (Lipinski definition) is 2. The molecule has 2 aromatic rings. The van der Waals surface area contributed by atoms with Crippen LogP contribution in [0.25, 0.3) is 0 Å². The summed E-state index contributed by atoms with van der Waals surface area (Å²) in [5.74, 6) is 0.763. The molecule has 23 heavy (non-hydrogen) atoms. The van der Waals surface area contributed by atoms with Crippen molar-refractivity contribution in [3.05, 3.63) is 54.6 Å². The Bertz CT molecular complexity index is 724. The molecule has 1 heterocycles. The molecule has 3 rings (SSSR count). The summed E-state index contributed by atoms with van der Waals surface area (Å²) < 4.78 is 33.0. The van der Waals surface area contributed by atoms with Crippen molar-refractivity contribution in [2.24, 2.45) is 0 Å². The first kappa shape index (κ1) is 15.8. The molecule has 1 fully saturated rings. The third kappa shape index (κ3) is 4.24. The van der Waals surface area contributed by atoms with Gasteiger partial charge in [0.15, 0.2) is 0 Å². The van der Waals surface area contributed by atoms with Gasteiger partial charge in [0.1, 0.15) is 11.9 Å². The van der Waals surface area contributed by atoms with Crippen LogP contribution in [-0.2, 0) is 10.0 Å². The van der Waals surface area contributed by atoms with E-state index in [0.29, 0.717) is 5.69 Å². The van der Waals surface area contributed by atoms with Gasteiger partial charge in [-0.25, -0.2) is 8.42 Å². The van der Waals surface area contributed by atoms with Gasteiger partial charge >= 0.3 is 0 Å². The number of sulfonamides is 1. The van der Waals surface area contributed by atoms with Gasteiger partial charge in [-0.15, -0.1) is 0 Å². The molecule has 1 saturated heterocycles. The van der Waals surface area contributed by atoms with Crippen molar-refractivity contribution >= 4 is 15.7 Å². The minimum Gasteiger partial charge on any atom is -0.490 e. The molecular formula is C17H20N2O3S. The molecule has 2 aromatic carbocycles. The van der Waals surface area contributed by atoms with Crippen LogP contribution >= 0.6 is 0 Å². The van der Waals surface area contributed by atoms with Crippen LogP contribution < -0.4 is 14.8 Å². The predicted octanol–water partition coefficient (Wildman–Crippen LogP) is 2.62. The van der Waals surface area contributed by atoms with Gasteiger partial charge in [0.05, 0.1) is 4.90 Å². The third-order valence-corrected chi connectivity index (χ3v) is 5.15. The van der Waals surface area contributed by atoms with Gasteiger partial charge < -0.3 is 10.1 Å². The molecule has 6 heteroatoms. The van der Waals surface area contributed by atoms with Crippen LogP contribution in [0.5, 0.6) is 5.75 Å². The standard InChI is InChI=1S/C17H20N2O3S/c20-23(21,17-4-2-1-3-5-17)19-14-6-8-15(9-7-14)22-16-10-12-18-13-11-16/h1-9,16,18-19H,10-13H2. The van der Waals surface area contributed by atoms with E-state index >= 15 is 0 Å². The summed E-state index contributed by atoms with van der Waals surface area (Å²) in [6.45, 7) is 1.94. The van der Waals surface area contributed by atoms with Crippen molar-refractivity contribution < 1.29 is 13.2 Å². The fourth-order valence-corrected chi connectivity index (χ4v) is 3.60. The van der Waals surface area contributed by atoms with E-state index in [4.69, 9.17) is 4.74 Å². The summed E-state index contributed by atoms with van der Waals surface area (Å²) in [6, 6.07) is 15.3. The van der Waals surface area contributed by atoms with Crippen LogP contribution in [0, 0.1) is 0 Å². The lowest BCUT2D eigenvalue weighted by molar-refractivity contribution is 0.162. The second kappa shape index (κ2) is 7.02. The predicted molar refractivity (Wildman–Crippen MR) is 90.2 cm³/mol. The van der Waals surface area contributed by atoms with Crippen molar-refractivity contribution in [1.82, 2.24) is 5.32 Å². The number of piperidine rings is 1.